The maximum atomic E-state index is 12.6. The topological polar surface area (TPSA) is 87.7 Å². The standard InChI is InChI=1S/C26H38ClN3O4S/c1-2-3-4-5-6-7-8-9-10-13-18-34-23(31)19-22-25(33)28-16-17-30(22)26(35)29-24(32)20-14-11-12-15-21(20)27/h11-12,14-15,22H,2-10,13,16-19H2,1H3,(H,28,33)(H,29,32,35). The van der Waals surface area contributed by atoms with Gasteiger partial charge in [-0.3, -0.25) is 19.7 Å². The van der Waals surface area contributed by atoms with Crippen LogP contribution < -0.4 is 10.6 Å². The second-order valence-electron chi connectivity index (χ2n) is 8.85. The lowest BCUT2D eigenvalue weighted by molar-refractivity contribution is -0.147. The molecule has 0 aromatic heterocycles. The van der Waals surface area contributed by atoms with E-state index >= 15 is 0 Å². The number of ether oxygens (including phenoxy) is 1. The van der Waals surface area contributed by atoms with Crippen LogP contribution in [0.2, 0.25) is 5.02 Å². The Kier molecular flexibility index (Phi) is 13.7. The molecule has 1 fully saturated rings. The minimum absolute atomic E-state index is 0.0808. The summed E-state index contributed by atoms with van der Waals surface area (Å²) in [6.07, 6.45) is 11.9. The molecular formula is C26H38ClN3O4S. The van der Waals surface area contributed by atoms with Crippen molar-refractivity contribution in [2.24, 2.45) is 0 Å². The summed E-state index contributed by atoms with van der Waals surface area (Å²) in [5, 5.41) is 5.75. The summed E-state index contributed by atoms with van der Waals surface area (Å²) in [5.74, 6) is -1.23. The van der Waals surface area contributed by atoms with Gasteiger partial charge in [-0.15, -0.1) is 0 Å². The van der Waals surface area contributed by atoms with Crippen molar-refractivity contribution >= 4 is 46.7 Å². The maximum Gasteiger partial charge on any atom is 0.308 e. The zero-order chi connectivity index (χ0) is 25.5. The number of nitrogens with one attached hydrogen (secondary N) is 2. The Labute approximate surface area is 219 Å². The Morgan fingerprint density at radius 1 is 1.09 bits per heavy atom. The number of hydrogen-bond donors (Lipinski definition) is 2. The fraction of sp³-hybridized carbons (Fsp3) is 0.615. The molecule has 0 radical (unpaired) electrons. The van der Waals surface area contributed by atoms with E-state index in [9.17, 15) is 14.4 Å². The predicted octanol–water partition coefficient (Wildman–Crippen LogP) is 5.01. The second kappa shape index (κ2) is 16.5. The van der Waals surface area contributed by atoms with Gasteiger partial charge < -0.3 is 15.0 Å². The maximum absolute atomic E-state index is 12.6. The minimum atomic E-state index is -0.831. The first-order chi connectivity index (χ1) is 16.9. The Bertz CT molecular complexity index is 852. The number of benzene rings is 1. The van der Waals surface area contributed by atoms with Gasteiger partial charge in [-0.2, -0.15) is 0 Å². The van der Waals surface area contributed by atoms with Gasteiger partial charge in [0.05, 0.1) is 23.6 Å². The summed E-state index contributed by atoms with van der Waals surface area (Å²) in [7, 11) is 0. The fourth-order valence-electron chi connectivity index (χ4n) is 4.03. The highest BCUT2D eigenvalue weighted by atomic mass is 35.5. The van der Waals surface area contributed by atoms with E-state index in [1.807, 2.05) is 0 Å². The molecule has 1 aromatic rings. The van der Waals surface area contributed by atoms with Crippen molar-refractivity contribution in [3.05, 3.63) is 34.9 Å². The molecule has 1 atom stereocenters. The van der Waals surface area contributed by atoms with Crippen LogP contribution in [0.4, 0.5) is 0 Å². The van der Waals surface area contributed by atoms with E-state index in [-0.39, 0.29) is 23.0 Å². The third kappa shape index (κ3) is 10.5. The molecule has 7 nitrogen and oxygen atoms in total. The third-order valence-corrected chi connectivity index (χ3v) is 6.72. The largest absolute Gasteiger partial charge is 0.466 e. The molecule has 9 heteroatoms. The third-order valence-electron chi connectivity index (χ3n) is 6.05. The van der Waals surface area contributed by atoms with Crippen molar-refractivity contribution in [1.82, 2.24) is 15.5 Å². The average Bonchev–Trinajstić information content (AvgIpc) is 2.84. The van der Waals surface area contributed by atoms with Gasteiger partial charge >= 0.3 is 5.97 Å². The van der Waals surface area contributed by atoms with Gasteiger partial charge in [0.15, 0.2) is 5.11 Å². The summed E-state index contributed by atoms with van der Waals surface area (Å²) in [5.41, 5.74) is 0.283. The Morgan fingerprint density at radius 2 is 1.71 bits per heavy atom. The van der Waals surface area contributed by atoms with Gasteiger partial charge in [0.2, 0.25) is 5.91 Å². The zero-order valence-corrected chi connectivity index (χ0v) is 22.2. The van der Waals surface area contributed by atoms with Crippen LogP contribution in [0.3, 0.4) is 0 Å². The van der Waals surface area contributed by atoms with Gasteiger partial charge in [-0.05, 0) is 30.8 Å². The molecular weight excluding hydrogens is 486 g/mol. The first-order valence-corrected chi connectivity index (χ1v) is 13.5. The second-order valence-corrected chi connectivity index (χ2v) is 9.64. The first kappa shape index (κ1) is 29.0. The number of carbonyl (C=O) groups is 3. The van der Waals surface area contributed by atoms with E-state index in [1.165, 1.54) is 44.9 Å². The van der Waals surface area contributed by atoms with Crippen LogP contribution in [-0.4, -0.2) is 53.5 Å². The molecule has 0 saturated carbocycles. The number of esters is 1. The average molecular weight is 524 g/mol. The molecule has 1 saturated heterocycles. The molecule has 1 aliphatic heterocycles. The molecule has 2 amide bonds. The van der Waals surface area contributed by atoms with Crippen molar-refractivity contribution in [1.29, 1.82) is 0 Å². The number of unbranched alkanes of at least 4 members (excludes halogenated alkanes) is 9. The molecule has 1 unspecified atom stereocenters. The normalized spacial score (nSPS) is 15.4. The van der Waals surface area contributed by atoms with Gasteiger partial charge in [-0.1, -0.05) is 88.4 Å². The number of nitrogens with zero attached hydrogens (tertiary/aromatic N) is 1. The van der Waals surface area contributed by atoms with Crippen LogP contribution in [0.15, 0.2) is 24.3 Å². The molecule has 35 heavy (non-hydrogen) atoms. The van der Waals surface area contributed by atoms with Crippen molar-refractivity contribution in [3.8, 4) is 0 Å². The highest BCUT2D eigenvalue weighted by molar-refractivity contribution is 7.80. The summed E-state index contributed by atoms with van der Waals surface area (Å²) in [4.78, 5) is 39.0. The van der Waals surface area contributed by atoms with Crippen molar-refractivity contribution in [3.63, 3.8) is 0 Å². The van der Waals surface area contributed by atoms with Crippen molar-refractivity contribution in [2.75, 3.05) is 19.7 Å². The van der Waals surface area contributed by atoms with E-state index in [1.54, 1.807) is 29.2 Å². The number of amides is 2. The summed E-state index contributed by atoms with van der Waals surface area (Å²) < 4.78 is 5.37. The Balaban J connectivity index is 1.71. The SMILES string of the molecule is CCCCCCCCCCCCOC(=O)CC1C(=O)NCCN1C(=S)NC(=O)c1ccccc1Cl. The summed E-state index contributed by atoms with van der Waals surface area (Å²) in [6, 6.07) is 5.80. The monoisotopic (exact) mass is 523 g/mol. The predicted molar refractivity (Wildman–Crippen MR) is 142 cm³/mol. The molecule has 2 rings (SSSR count). The smallest absolute Gasteiger partial charge is 0.308 e. The molecule has 1 aromatic carbocycles. The Morgan fingerprint density at radius 3 is 2.37 bits per heavy atom. The molecule has 1 heterocycles. The molecule has 0 aliphatic carbocycles. The van der Waals surface area contributed by atoms with E-state index < -0.39 is 17.9 Å². The molecule has 194 valence electrons. The lowest BCUT2D eigenvalue weighted by atomic mass is 10.1. The number of hydrogen-bond acceptors (Lipinski definition) is 5. The van der Waals surface area contributed by atoms with Crippen LogP contribution in [0, 0.1) is 0 Å². The Hall–Kier alpha value is -2.19. The van der Waals surface area contributed by atoms with Crippen LogP contribution in [0.5, 0.6) is 0 Å². The highest BCUT2D eigenvalue weighted by Crippen LogP contribution is 2.16. The number of rotatable bonds is 14. The van der Waals surface area contributed by atoms with Gasteiger partial charge in [0.25, 0.3) is 5.91 Å². The minimum Gasteiger partial charge on any atom is -0.466 e. The van der Waals surface area contributed by atoms with E-state index in [2.05, 4.69) is 17.6 Å². The van der Waals surface area contributed by atoms with Gasteiger partial charge in [0.1, 0.15) is 6.04 Å². The molecule has 0 spiro atoms. The van der Waals surface area contributed by atoms with E-state index in [0.717, 1.165) is 19.3 Å². The first-order valence-electron chi connectivity index (χ1n) is 12.7. The van der Waals surface area contributed by atoms with Crippen LogP contribution in [0.1, 0.15) is 87.9 Å². The molecule has 0 bridgehead atoms. The van der Waals surface area contributed by atoms with Crippen molar-refractivity contribution in [2.45, 2.75) is 83.6 Å². The van der Waals surface area contributed by atoms with Crippen LogP contribution in [0.25, 0.3) is 0 Å². The number of thiocarbonyl (C=S) groups is 1. The zero-order valence-electron chi connectivity index (χ0n) is 20.7. The molecule has 1 aliphatic rings. The van der Waals surface area contributed by atoms with Crippen molar-refractivity contribution < 1.29 is 19.1 Å². The summed E-state index contributed by atoms with van der Waals surface area (Å²) in [6.45, 7) is 3.32. The van der Waals surface area contributed by atoms with E-state index in [4.69, 9.17) is 28.6 Å². The highest BCUT2D eigenvalue weighted by Gasteiger charge is 2.34. The van der Waals surface area contributed by atoms with Gasteiger partial charge in [-0.25, -0.2) is 0 Å². The number of piperazine rings is 1. The summed E-state index contributed by atoms with van der Waals surface area (Å²) >= 11 is 11.5. The molecule has 2 N–H and O–H groups in total. The van der Waals surface area contributed by atoms with Crippen LogP contribution >= 0.6 is 23.8 Å². The van der Waals surface area contributed by atoms with E-state index in [0.29, 0.717) is 24.7 Å². The lowest BCUT2D eigenvalue weighted by Crippen LogP contribution is -2.60. The lowest BCUT2D eigenvalue weighted by Gasteiger charge is -2.36. The number of halogens is 1. The fourth-order valence-corrected chi connectivity index (χ4v) is 4.57. The number of carbonyl (C=O) groups excluding carboxylic acids is 3. The quantitative estimate of drug-likeness (QED) is 0.202. The van der Waals surface area contributed by atoms with Crippen LogP contribution in [-0.2, 0) is 14.3 Å². The van der Waals surface area contributed by atoms with Gasteiger partial charge in [0, 0.05) is 13.1 Å².